The summed E-state index contributed by atoms with van der Waals surface area (Å²) in [5.41, 5.74) is 1.04. The Labute approximate surface area is 77.1 Å². The first kappa shape index (κ1) is 14.5. The highest BCUT2D eigenvalue weighted by atomic mass is 19.0. The van der Waals surface area contributed by atoms with Crippen LogP contribution in [0.3, 0.4) is 0 Å². The van der Waals surface area contributed by atoms with E-state index in [-0.39, 0.29) is 4.70 Å². The van der Waals surface area contributed by atoms with E-state index in [1.807, 2.05) is 0 Å². The molecule has 0 aromatic carbocycles. The van der Waals surface area contributed by atoms with E-state index < -0.39 is 0 Å². The Balaban J connectivity index is 0. The van der Waals surface area contributed by atoms with Crippen molar-refractivity contribution in [3.05, 3.63) is 0 Å². The molecule has 0 aliphatic carbocycles. The van der Waals surface area contributed by atoms with Gasteiger partial charge in [0.05, 0.1) is 0 Å². The van der Waals surface area contributed by atoms with E-state index in [0.29, 0.717) is 10.8 Å². The molecule has 0 unspecified atom stereocenters. The third-order valence-corrected chi connectivity index (χ3v) is 1.85. The van der Waals surface area contributed by atoms with Gasteiger partial charge in [0, 0.05) is 0 Å². The van der Waals surface area contributed by atoms with Gasteiger partial charge in [-0.25, -0.2) is 0 Å². The van der Waals surface area contributed by atoms with E-state index in [4.69, 9.17) is 0 Å². The van der Waals surface area contributed by atoms with Crippen molar-refractivity contribution in [2.75, 3.05) is 0 Å². The molecule has 0 aromatic rings. The first-order chi connectivity index (χ1) is 4.71. The minimum atomic E-state index is 0. The van der Waals surface area contributed by atoms with Crippen LogP contribution in [0, 0.1) is 10.8 Å². The molecule has 0 nitrogen and oxygen atoms in total. The molecule has 0 spiro atoms. The van der Waals surface area contributed by atoms with Gasteiger partial charge in [-0.15, -0.1) is 0 Å². The van der Waals surface area contributed by atoms with Gasteiger partial charge in [0.1, 0.15) is 0 Å². The Morgan fingerprint density at radius 1 is 0.667 bits per heavy atom. The predicted molar refractivity (Wildman–Crippen MR) is 55.3 cm³/mol. The number of hydrogen-bond donors (Lipinski definition) is 0. The lowest BCUT2D eigenvalue weighted by atomic mass is 9.84. The van der Waals surface area contributed by atoms with Crippen molar-refractivity contribution in [1.82, 2.24) is 0 Å². The average molecular weight is 176 g/mol. The van der Waals surface area contributed by atoms with Crippen LogP contribution in [0.2, 0.25) is 0 Å². The maximum absolute atomic E-state index is 2.32. The first-order valence-corrected chi connectivity index (χ1v) is 4.71. The summed E-state index contributed by atoms with van der Waals surface area (Å²) >= 11 is 0. The highest BCUT2D eigenvalue weighted by Gasteiger charge is 2.13. The van der Waals surface area contributed by atoms with Gasteiger partial charge in [0.2, 0.25) is 0 Å². The Morgan fingerprint density at radius 2 is 0.917 bits per heavy atom. The Morgan fingerprint density at radius 3 is 1.08 bits per heavy atom. The summed E-state index contributed by atoms with van der Waals surface area (Å²) in [6.07, 6.45) is 4.07. The van der Waals surface area contributed by atoms with Crippen LogP contribution in [0.5, 0.6) is 0 Å². The first-order valence-electron chi connectivity index (χ1n) is 4.71. The topological polar surface area (TPSA) is 0 Å². The number of rotatable bonds is 2. The van der Waals surface area contributed by atoms with E-state index in [1.165, 1.54) is 19.3 Å². The van der Waals surface area contributed by atoms with Gasteiger partial charge in [-0.1, -0.05) is 48.0 Å². The summed E-state index contributed by atoms with van der Waals surface area (Å²) in [6, 6.07) is 0. The highest BCUT2D eigenvalue weighted by Crippen LogP contribution is 2.27. The van der Waals surface area contributed by atoms with Crippen LogP contribution in [-0.2, 0) is 0 Å². The molecule has 0 N–H and O–H groups in total. The van der Waals surface area contributed by atoms with Crippen LogP contribution in [0.1, 0.15) is 60.8 Å². The van der Waals surface area contributed by atoms with Crippen LogP contribution in [0.25, 0.3) is 0 Å². The molecule has 0 fully saturated rings. The molecule has 0 saturated heterocycles. The molecular weight excluding hydrogens is 151 g/mol. The summed E-state index contributed by atoms with van der Waals surface area (Å²) in [4.78, 5) is 0. The monoisotopic (exact) mass is 176 g/mol. The summed E-state index contributed by atoms with van der Waals surface area (Å²) in [7, 11) is 0. The molecule has 0 aliphatic heterocycles. The predicted octanol–water partition coefficient (Wildman–Crippen LogP) is 4.40. The van der Waals surface area contributed by atoms with Gasteiger partial charge >= 0.3 is 0 Å². The van der Waals surface area contributed by atoms with Crippen molar-refractivity contribution in [1.29, 1.82) is 0 Å². The lowest BCUT2D eigenvalue weighted by molar-refractivity contribution is 0.301. The van der Waals surface area contributed by atoms with Crippen molar-refractivity contribution >= 4 is 0 Å². The molecule has 0 amide bonds. The van der Waals surface area contributed by atoms with E-state index in [9.17, 15) is 0 Å². The van der Waals surface area contributed by atoms with E-state index >= 15 is 0 Å². The van der Waals surface area contributed by atoms with Crippen LogP contribution in [0.4, 0.5) is 4.70 Å². The molecule has 0 aliphatic rings. The zero-order valence-corrected chi connectivity index (χ0v) is 9.53. The van der Waals surface area contributed by atoms with Gasteiger partial charge in [0.15, 0.2) is 0 Å². The second kappa shape index (κ2) is 4.84. The molecular formula is C11H25F. The van der Waals surface area contributed by atoms with Crippen LogP contribution >= 0.6 is 0 Å². The molecule has 0 atom stereocenters. The third kappa shape index (κ3) is 12.6. The summed E-state index contributed by atoms with van der Waals surface area (Å²) in [6.45, 7) is 13.9. The number of hydrogen-bond acceptors (Lipinski definition) is 0. The summed E-state index contributed by atoms with van der Waals surface area (Å²) < 4.78 is 0. The molecule has 0 radical (unpaired) electrons. The van der Waals surface area contributed by atoms with E-state index in [2.05, 4.69) is 41.5 Å². The van der Waals surface area contributed by atoms with Gasteiger partial charge in [-0.05, 0) is 23.7 Å². The number of halogens is 1. The average Bonchev–Trinajstić information content (AvgIpc) is 1.55. The molecule has 0 aromatic heterocycles. The van der Waals surface area contributed by atoms with Crippen molar-refractivity contribution in [3.63, 3.8) is 0 Å². The van der Waals surface area contributed by atoms with Crippen LogP contribution < -0.4 is 0 Å². The fourth-order valence-electron chi connectivity index (χ4n) is 1.15. The molecule has 1 heteroatoms. The molecule has 0 saturated carbocycles. The molecule has 0 bridgehead atoms. The van der Waals surface area contributed by atoms with E-state index in [0.717, 1.165) is 0 Å². The van der Waals surface area contributed by atoms with Gasteiger partial charge in [-0.2, -0.15) is 0 Å². The minimum absolute atomic E-state index is 0. The van der Waals surface area contributed by atoms with Crippen molar-refractivity contribution in [3.8, 4) is 0 Å². The lowest BCUT2D eigenvalue weighted by Gasteiger charge is -2.22. The van der Waals surface area contributed by atoms with E-state index in [1.54, 1.807) is 0 Å². The Bertz CT molecular complexity index is 89.2. The minimum Gasteiger partial charge on any atom is -0.269 e. The van der Waals surface area contributed by atoms with Gasteiger partial charge in [0.25, 0.3) is 0 Å². The third-order valence-electron chi connectivity index (χ3n) is 1.85. The highest BCUT2D eigenvalue weighted by molar-refractivity contribution is 4.66. The fourth-order valence-corrected chi connectivity index (χ4v) is 1.15. The fraction of sp³-hybridized carbons (Fsp3) is 1.00. The smallest absolute Gasteiger partial charge is 0.0383 e. The second-order valence-corrected chi connectivity index (χ2v) is 5.97. The lowest BCUT2D eigenvalue weighted by Crippen LogP contribution is -2.09. The van der Waals surface area contributed by atoms with Crippen molar-refractivity contribution in [2.45, 2.75) is 60.8 Å². The Kier molecular flexibility index (Phi) is 5.82. The molecule has 76 valence electrons. The van der Waals surface area contributed by atoms with Crippen LogP contribution in [0.15, 0.2) is 0 Å². The largest absolute Gasteiger partial charge is 0.269 e. The summed E-state index contributed by atoms with van der Waals surface area (Å²) in [5.74, 6) is 0. The van der Waals surface area contributed by atoms with Crippen molar-refractivity contribution in [2.24, 2.45) is 10.8 Å². The maximum atomic E-state index is 2.32. The van der Waals surface area contributed by atoms with Gasteiger partial charge < -0.3 is 0 Å². The normalized spacial score (nSPS) is 12.5. The molecule has 0 heterocycles. The van der Waals surface area contributed by atoms with Crippen molar-refractivity contribution < 1.29 is 4.70 Å². The standard InChI is InChI=1S/C11H24.FH/c1-10(2,3)8-7-9-11(4,5)6;/h7-9H2,1-6H3;1H. The summed E-state index contributed by atoms with van der Waals surface area (Å²) in [5, 5.41) is 0. The van der Waals surface area contributed by atoms with Crippen LogP contribution in [-0.4, -0.2) is 0 Å². The van der Waals surface area contributed by atoms with Gasteiger partial charge in [-0.3, -0.25) is 4.70 Å². The molecule has 12 heavy (non-hydrogen) atoms. The second-order valence-electron chi connectivity index (χ2n) is 5.97. The quantitative estimate of drug-likeness (QED) is 0.585. The molecule has 0 rings (SSSR count). The Hall–Kier alpha value is -0.0700. The maximum Gasteiger partial charge on any atom is -0.0383 e. The zero-order valence-electron chi connectivity index (χ0n) is 9.53. The zero-order chi connectivity index (χ0) is 9.12. The SMILES string of the molecule is CC(C)(C)CCCC(C)(C)C.F.